The number of hydrogen-bond acceptors (Lipinski definition) is 3. The van der Waals surface area contributed by atoms with Crippen molar-refractivity contribution in [1.82, 2.24) is 0 Å². The Morgan fingerprint density at radius 3 is 3.00 bits per heavy atom. The molecule has 0 radical (unpaired) electrons. The van der Waals surface area contributed by atoms with Gasteiger partial charge in [-0.2, -0.15) is 0 Å². The van der Waals surface area contributed by atoms with E-state index in [9.17, 15) is 0 Å². The molecule has 1 aromatic carbocycles. The van der Waals surface area contributed by atoms with Crippen molar-refractivity contribution in [1.29, 1.82) is 0 Å². The molecule has 1 aliphatic rings. The molecule has 0 spiro atoms. The summed E-state index contributed by atoms with van der Waals surface area (Å²) in [4.78, 5) is 1.22. The maximum atomic E-state index is 5.18. The summed E-state index contributed by atoms with van der Waals surface area (Å²) in [6.07, 6.45) is 0. The molecular weight excluding hydrogens is 152 g/mol. The van der Waals surface area contributed by atoms with E-state index in [1.807, 2.05) is 18.2 Å². The SMILES string of the molecule is c1ccc2c(c1)OSS2. The Labute approximate surface area is 61.4 Å². The molecule has 0 aromatic heterocycles. The Bertz CT molecular complexity index is 201. The zero-order valence-corrected chi connectivity index (χ0v) is 6.17. The van der Waals surface area contributed by atoms with Gasteiger partial charge in [0.2, 0.25) is 0 Å². The van der Waals surface area contributed by atoms with Crippen LogP contribution in [0, 0.1) is 0 Å². The topological polar surface area (TPSA) is 9.23 Å². The summed E-state index contributed by atoms with van der Waals surface area (Å²) < 4.78 is 5.18. The molecule has 1 nitrogen and oxygen atoms in total. The second-order valence-corrected chi connectivity index (χ2v) is 3.50. The highest BCUT2D eigenvalue weighted by Gasteiger charge is 2.11. The van der Waals surface area contributed by atoms with Crippen molar-refractivity contribution in [3.63, 3.8) is 0 Å². The lowest BCUT2D eigenvalue weighted by Crippen LogP contribution is -1.69. The number of hydrogen-bond donors (Lipinski definition) is 0. The van der Waals surface area contributed by atoms with Crippen molar-refractivity contribution >= 4 is 21.9 Å². The van der Waals surface area contributed by atoms with Crippen LogP contribution in [0.1, 0.15) is 0 Å². The minimum atomic E-state index is 0.993. The largest absolute Gasteiger partial charge is 0.413 e. The van der Waals surface area contributed by atoms with Gasteiger partial charge in [-0.3, -0.25) is 0 Å². The molecule has 3 heteroatoms. The summed E-state index contributed by atoms with van der Waals surface area (Å²) in [7, 11) is 1.66. The van der Waals surface area contributed by atoms with E-state index in [0.29, 0.717) is 0 Å². The molecule has 0 unspecified atom stereocenters. The maximum absolute atomic E-state index is 5.18. The van der Waals surface area contributed by atoms with Gasteiger partial charge in [-0.25, -0.2) is 0 Å². The van der Waals surface area contributed by atoms with Gasteiger partial charge in [0.1, 0.15) is 11.1 Å². The molecule has 9 heavy (non-hydrogen) atoms. The van der Waals surface area contributed by atoms with E-state index in [2.05, 4.69) is 6.07 Å². The van der Waals surface area contributed by atoms with Gasteiger partial charge >= 0.3 is 0 Å². The second-order valence-electron chi connectivity index (χ2n) is 1.68. The summed E-state index contributed by atoms with van der Waals surface area (Å²) in [5, 5.41) is 0. The molecule has 0 amide bonds. The van der Waals surface area contributed by atoms with Crippen LogP contribution in [0.4, 0.5) is 0 Å². The highest BCUT2D eigenvalue weighted by atomic mass is 33.1. The maximum Gasteiger partial charge on any atom is 0.153 e. The van der Waals surface area contributed by atoms with Crippen LogP contribution in [0.2, 0.25) is 0 Å². The number of rotatable bonds is 0. The smallest absolute Gasteiger partial charge is 0.153 e. The zero-order chi connectivity index (χ0) is 6.10. The first-order chi connectivity index (χ1) is 4.47. The Kier molecular flexibility index (Phi) is 1.32. The molecule has 0 fully saturated rings. The predicted molar refractivity (Wildman–Crippen MR) is 40.5 cm³/mol. The van der Waals surface area contributed by atoms with E-state index in [4.69, 9.17) is 4.18 Å². The Balaban J connectivity index is 2.54. The Morgan fingerprint density at radius 1 is 1.22 bits per heavy atom. The van der Waals surface area contributed by atoms with E-state index < -0.39 is 0 Å². The molecule has 0 saturated heterocycles. The van der Waals surface area contributed by atoms with E-state index in [0.717, 1.165) is 5.75 Å². The van der Waals surface area contributed by atoms with E-state index >= 15 is 0 Å². The first-order valence-corrected chi connectivity index (χ1v) is 4.64. The average Bonchev–Trinajstić information content (AvgIpc) is 2.33. The summed E-state index contributed by atoms with van der Waals surface area (Å²) in [6, 6.07) is 8.02. The van der Waals surface area contributed by atoms with Crippen LogP contribution in [0.25, 0.3) is 0 Å². The highest BCUT2D eigenvalue weighted by Crippen LogP contribution is 2.45. The molecule has 0 atom stereocenters. The highest BCUT2D eigenvalue weighted by molar-refractivity contribution is 8.75. The monoisotopic (exact) mass is 156 g/mol. The molecule has 1 aromatic rings. The van der Waals surface area contributed by atoms with Crippen LogP contribution in [0.3, 0.4) is 0 Å². The Hall–Kier alpha value is -0.280. The lowest BCUT2D eigenvalue weighted by molar-refractivity contribution is 0.645. The predicted octanol–water partition coefficient (Wildman–Crippen LogP) is 2.73. The van der Waals surface area contributed by atoms with Crippen LogP contribution in [-0.4, -0.2) is 0 Å². The minimum Gasteiger partial charge on any atom is -0.413 e. The zero-order valence-electron chi connectivity index (χ0n) is 4.53. The molecule has 0 aliphatic carbocycles. The second kappa shape index (κ2) is 2.15. The van der Waals surface area contributed by atoms with Crippen LogP contribution in [0.5, 0.6) is 5.75 Å². The first-order valence-electron chi connectivity index (χ1n) is 2.57. The van der Waals surface area contributed by atoms with Crippen molar-refractivity contribution in [3.8, 4) is 5.75 Å². The van der Waals surface area contributed by atoms with E-state index in [1.54, 1.807) is 10.8 Å². The van der Waals surface area contributed by atoms with Gasteiger partial charge < -0.3 is 4.18 Å². The van der Waals surface area contributed by atoms with Gasteiger partial charge in [0.05, 0.1) is 4.90 Å². The van der Waals surface area contributed by atoms with Crippen molar-refractivity contribution < 1.29 is 4.18 Å². The quantitative estimate of drug-likeness (QED) is 0.422. The summed E-state index contributed by atoms with van der Waals surface area (Å²) >= 11 is 1.42. The molecular formula is C6H4OS2. The van der Waals surface area contributed by atoms with Gasteiger partial charge in [0.25, 0.3) is 0 Å². The van der Waals surface area contributed by atoms with E-state index in [1.165, 1.54) is 16.0 Å². The average molecular weight is 156 g/mol. The standard InChI is InChI=1S/C6H4OS2/c1-2-4-6-5(3-1)7-9-8-6/h1-4H. The van der Waals surface area contributed by atoms with Crippen LogP contribution >= 0.6 is 21.9 Å². The third-order valence-electron chi connectivity index (χ3n) is 1.10. The first kappa shape index (κ1) is 5.50. The lowest BCUT2D eigenvalue weighted by Gasteiger charge is -1.89. The van der Waals surface area contributed by atoms with Crippen molar-refractivity contribution in [2.24, 2.45) is 0 Å². The Morgan fingerprint density at radius 2 is 2.11 bits per heavy atom. The van der Waals surface area contributed by atoms with Crippen LogP contribution < -0.4 is 4.18 Å². The lowest BCUT2D eigenvalue weighted by atomic mass is 10.3. The van der Waals surface area contributed by atoms with Crippen molar-refractivity contribution in [2.75, 3.05) is 0 Å². The molecule has 46 valence electrons. The van der Waals surface area contributed by atoms with Gasteiger partial charge in [-0.1, -0.05) is 12.1 Å². The number of fused-ring (bicyclic) bond motifs is 1. The minimum absolute atomic E-state index is 0.993. The van der Waals surface area contributed by atoms with Gasteiger partial charge in [-0.15, -0.1) is 0 Å². The van der Waals surface area contributed by atoms with Crippen molar-refractivity contribution in [2.45, 2.75) is 4.90 Å². The van der Waals surface area contributed by atoms with Gasteiger partial charge in [0.15, 0.2) is 5.75 Å². The van der Waals surface area contributed by atoms with Crippen LogP contribution in [0.15, 0.2) is 29.2 Å². The number of para-hydroxylation sites is 1. The summed E-state index contributed by atoms with van der Waals surface area (Å²) in [5.74, 6) is 0.993. The molecule has 0 N–H and O–H groups in total. The normalized spacial score (nSPS) is 14.7. The number of benzene rings is 1. The molecule has 1 aliphatic heterocycles. The fourth-order valence-electron chi connectivity index (χ4n) is 0.678. The van der Waals surface area contributed by atoms with Gasteiger partial charge in [0, 0.05) is 0 Å². The third kappa shape index (κ3) is 0.904. The molecule has 0 saturated carbocycles. The summed E-state index contributed by atoms with van der Waals surface area (Å²) in [6.45, 7) is 0. The fourth-order valence-corrected chi connectivity index (χ4v) is 2.34. The van der Waals surface area contributed by atoms with E-state index in [-0.39, 0.29) is 0 Å². The molecule has 1 heterocycles. The van der Waals surface area contributed by atoms with Crippen molar-refractivity contribution in [3.05, 3.63) is 24.3 Å². The fraction of sp³-hybridized carbons (Fsp3) is 0. The molecule has 2 rings (SSSR count). The van der Waals surface area contributed by atoms with Gasteiger partial charge in [-0.05, 0) is 22.9 Å². The molecule has 0 bridgehead atoms. The summed E-state index contributed by atoms with van der Waals surface area (Å²) in [5.41, 5.74) is 0. The van der Waals surface area contributed by atoms with Crippen LogP contribution in [-0.2, 0) is 0 Å². The third-order valence-corrected chi connectivity index (χ3v) is 2.88.